The van der Waals surface area contributed by atoms with E-state index in [1.54, 1.807) is 12.1 Å². The van der Waals surface area contributed by atoms with Crippen LogP contribution in [0.2, 0.25) is 0 Å². The van der Waals surface area contributed by atoms with Gasteiger partial charge in [0.05, 0.1) is 23.0 Å². The summed E-state index contributed by atoms with van der Waals surface area (Å²) in [6.07, 6.45) is 0. The predicted molar refractivity (Wildman–Crippen MR) is 82.5 cm³/mol. The Morgan fingerprint density at radius 2 is 1.89 bits per heavy atom. The van der Waals surface area contributed by atoms with E-state index in [1.165, 1.54) is 0 Å². The summed E-state index contributed by atoms with van der Waals surface area (Å²) in [6.45, 7) is 2.05. The molecule has 0 fully saturated rings. The minimum Gasteiger partial charge on any atom is -0.397 e. The van der Waals surface area contributed by atoms with Gasteiger partial charge in [-0.2, -0.15) is 5.26 Å². The molecule has 0 unspecified atom stereocenters. The average molecular weight is 316 g/mol. The maximum atomic E-state index is 8.86. The number of benzene rings is 2. The van der Waals surface area contributed by atoms with Gasteiger partial charge in [-0.3, -0.25) is 0 Å². The fourth-order valence-corrected chi connectivity index (χ4v) is 2.35. The van der Waals surface area contributed by atoms with Crippen LogP contribution in [0.1, 0.15) is 11.1 Å². The lowest BCUT2D eigenvalue weighted by Gasteiger charge is -2.23. The average Bonchev–Trinajstić information content (AvgIpc) is 2.40. The van der Waals surface area contributed by atoms with E-state index in [0.717, 1.165) is 21.4 Å². The van der Waals surface area contributed by atoms with Gasteiger partial charge >= 0.3 is 0 Å². The topological polar surface area (TPSA) is 53.0 Å². The number of nitrogens with zero attached hydrogens (tertiary/aromatic N) is 2. The maximum Gasteiger partial charge on any atom is 0.0992 e. The van der Waals surface area contributed by atoms with Crippen molar-refractivity contribution in [3.05, 3.63) is 52.0 Å². The van der Waals surface area contributed by atoms with Crippen LogP contribution < -0.4 is 10.6 Å². The van der Waals surface area contributed by atoms with Gasteiger partial charge in [-0.1, -0.05) is 22.0 Å². The van der Waals surface area contributed by atoms with Crippen LogP contribution in [0.15, 0.2) is 40.9 Å². The predicted octanol–water partition coefficient (Wildman–Crippen LogP) is 3.98. The second-order valence-electron chi connectivity index (χ2n) is 4.38. The molecule has 2 N–H and O–H groups in total. The molecule has 0 radical (unpaired) electrons. The molecule has 0 aliphatic rings. The molecular formula is C15H14BrN3. The van der Waals surface area contributed by atoms with Gasteiger partial charge in [0.15, 0.2) is 0 Å². The Hall–Kier alpha value is -1.99. The first-order valence-electron chi connectivity index (χ1n) is 5.82. The SMILES string of the molecule is Cc1ccc(Br)cc1N(C)c1ccc(C#N)cc1N. The van der Waals surface area contributed by atoms with Crippen molar-refractivity contribution in [2.24, 2.45) is 0 Å². The number of halogens is 1. The monoisotopic (exact) mass is 315 g/mol. The molecule has 19 heavy (non-hydrogen) atoms. The van der Waals surface area contributed by atoms with E-state index >= 15 is 0 Å². The Balaban J connectivity index is 2.47. The van der Waals surface area contributed by atoms with Crippen molar-refractivity contribution < 1.29 is 0 Å². The summed E-state index contributed by atoms with van der Waals surface area (Å²) in [5.41, 5.74) is 10.3. The Morgan fingerprint density at radius 1 is 1.16 bits per heavy atom. The van der Waals surface area contributed by atoms with Crippen LogP contribution in [-0.2, 0) is 0 Å². The highest BCUT2D eigenvalue weighted by molar-refractivity contribution is 9.10. The lowest BCUT2D eigenvalue weighted by Crippen LogP contribution is -2.13. The molecule has 0 amide bonds. The number of nitriles is 1. The van der Waals surface area contributed by atoms with E-state index in [-0.39, 0.29) is 0 Å². The molecule has 0 spiro atoms. The lowest BCUT2D eigenvalue weighted by molar-refractivity contribution is 1.18. The largest absolute Gasteiger partial charge is 0.397 e. The van der Waals surface area contributed by atoms with Crippen molar-refractivity contribution in [2.75, 3.05) is 17.7 Å². The fraction of sp³-hybridized carbons (Fsp3) is 0.133. The fourth-order valence-electron chi connectivity index (χ4n) is 2.00. The molecule has 3 nitrogen and oxygen atoms in total. The van der Waals surface area contributed by atoms with E-state index in [9.17, 15) is 0 Å². The Morgan fingerprint density at radius 3 is 2.53 bits per heavy atom. The number of nitrogen functional groups attached to an aromatic ring is 1. The number of hydrogen-bond acceptors (Lipinski definition) is 3. The van der Waals surface area contributed by atoms with Gasteiger partial charge in [0, 0.05) is 17.2 Å². The molecule has 0 saturated carbocycles. The van der Waals surface area contributed by atoms with E-state index in [2.05, 4.69) is 35.0 Å². The van der Waals surface area contributed by atoms with Gasteiger partial charge in [-0.15, -0.1) is 0 Å². The molecule has 0 aliphatic carbocycles. The lowest BCUT2D eigenvalue weighted by atomic mass is 10.1. The molecule has 0 saturated heterocycles. The van der Waals surface area contributed by atoms with Crippen molar-refractivity contribution >= 4 is 33.0 Å². The van der Waals surface area contributed by atoms with Crippen LogP contribution in [0.3, 0.4) is 0 Å². The summed E-state index contributed by atoms with van der Waals surface area (Å²) < 4.78 is 1.02. The summed E-state index contributed by atoms with van der Waals surface area (Å²) in [6, 6.07) is 13.5. The summed E-state index contributed by atoms with van der Waals surface area (Å²) >= 11 is 3.48. The highest BCUT2D eigenvalue weighted by atomic mass is 79.9. The van der Waals surface area contributed by atoms with Gasteiger partial charge < -0.3 is 10.6 Å². The van der Waals surface area contributed by atoms with Crippen molar-refractivity contribution in [3.8, 4) is 6.07 Å². The van der Waals surface area contributed by atoms with Crippen LogP contribution >= 0.6 is 15.9 Å². The van der Waals surface area contributed by atoms with Crippen molar-refractivity contribution in [2.45, 2.75) is 6.92 Å². The molecule has 2 aromatic carbocycles. The third-order valence-electron chi connectivity index (χ3n) is 3.05. The second kappa shape index (κ2) is 5.33. The molecule has 0 aliphatic heterocycles. The maximum absolute atomic E-state index is 8.86. The van der Waals surface area contributed by atoms with Gasteiger partial charge in [-0.25, -0.2) is 0 Å². The summed E-state index contributed by atoms with van der Waals surface area (Å²) in [7, 11) is 1.96. The zero-order valence-electron chi connectivity index (χ0n) is 10.8. The van der Waals surface area contributed by atoms with Gasteiger partial charge in [0.2, 0.25) is 0 Å². The highest BCUT2D eigenvalue weighted by Crippen LogP contribution is 2.33. The standard InChI is InChI=1S/C15H14BrN3/c1-10-3-5-12(16)8-15(10)19(2)14-6-4-11(9-17)7-13(14)18/h3-8H,18H2,1-2H3. The zero-order chi connectivity index (χ0) is 14.0. The van der Waals surface area contributed by atoms with Crippen LogP contribution in [0, 0.1) is 18.3 Å². The minimum absolute atomic E-state index is 0.570. The molecule has 2 rings (SSSR count). The summed E-state index contributed by atoms with van der Waals surface area (Å²) in [4.78, 5) is 2.02. The Kier molecular flexibility index (Phi) is 3.77. The van der Waals surface area contributed by atoms with Crippen LogP contribution in [0.25, 0.3) is 0 Å². The second-order valence-corrected chi connectivity index (χ2v) is 5.29. The molecular weight excluding hydrogens is 302 g/mol. The summed E-state index contributed by atoms with van der Waals surface area (Å²) in [5.74, 6) is 0. The first-order valence-corrected chi connectivity index (χ1v) is 6.61. The van der Waals surface area contributed by atoms with Gasteiger partial charge in [-0.05, 0) is 42.8 Å². The van der Waals surface area contributed by atoms with Crippen molar-refractivity contribution in [1.29, 1.82) is 5.26 Å². The Bertz CT molecular complexity index is 659. The molecule has 0 atom stereocenters. The smallest absolute Gasteiger partial charge is 0.0992 e. The van der Waals surface area contributed by atoms with Gasteiger partial charge in [0.1, 0.15) is 0 Å². The highest BCUT2D eigenvalue weighted by Gasteiger charge is 2.11. The van der Waals surface area contributed by atoms with Crippen molar-refractivity contribution in [3.63, 3.8) is 0 Å². The zero-order valence-corrected chi connectivity index (χ0v) is 12.4. The first kappa shape index (κ1) is 13.4. The number of hydrogen-bond donors (Lipinski definition) is 1. The van der Waals surface area contributed by atoms with Gasteiger partial charge in [0.25, 0.3) is 0 Å². The Labute approximate surface area is 121 Å². The minimum atomic E-state index is 0.570. The third kappa shape index (κ3) is 2.72. The number of nitrogens with two attached hydrogens (primary N) is 1. The van der Waals surface area contributed by atoms with Crippen LogP contribution in [0.4, 0.5) is 17.1 Å². The molecule has 4 heteroatoms. The van der Waals surface area contributed by atoms with E-state index in [4.69, 9.17) is 11.0 Å². The number of rotatable bonds is 2. The molecule has 0 bridgehead atoms. The third-order valence-corrected chi connectivity index (χ3v) is 3.54. The molecule has 0 aromatic heterocycles. The molecule has 96 valence electrons. The van der Waals surface area contributed by atoms with Crippen molar-refractivity contribution in [1.82, 2.24) is 0 Å². The van der Waals surface area contributed by atoms with Crippen LogP contribution in [0.5, 0.6) is 0 Å². The molecule has 0 heterocycles. The van der Waals surface area contributed by atoms with E-state index in [1.807, 2.05) is 30.1 Å². The summed E-state index contributed by atoms with van der Waals surface area (Å²) in [5, 5.41) is 8.86. The molecule has 2 aromatic rings. The number of aryl methyl sites for hydroxylation is 1. The normalized spacial score (nSPS) is 10.0. The van der Waals surface area contributed by atoms with Crippen LogP contribution in [-0.4, -0.2) is 7.05 Å². The number of anilines is 3. The van der Waals surface area contributed by atoms with E-state index < -0.39 is 0 Å². The quantitative estimate of drug-likeness (QED) is 0.853. The van der Waals surface area contributed by atoms with E-state index in [0.29, 0.717) is 11.3 Å². The first-order chi connectivity index (χ1) is 9.02.